The van der Waals surface area contributed by atoms with E-state index in [1.54, 1.807) is 12.1 Å². The standard InChI is InChI=1S/C21H21F3N2O5/c1-12-4-7-17(29-2)16(25-12)11-31-14-5-6-15-13(10-14)8-9-26(18(15)19(27)30-3)20(28)21(22,23)24/h4-7,10,18H,8-9,11H2,1-3H3/t18-/m1/s1. The summed E-state index contributed by atoms with van der Waals surface area (Å²) < 4.78 is 54.7. The third-order valence-electron chi connectivity index (χ3n) is 4.94. The van der Waals surface area contributed by atoms with Crippen LogP contribution >= 0.6 is 0 Å². The summed E-state index contributed by atoms with van der Waals surface area (Å²) in [4.78, 5) is 28.9. The molecule has 0 spiro atoms. The average Bonchev–Trinajstić information content (AvgIpc) is 2.75. The molecule has 0 unspecified atom stereocenters. The lowest BCUT2D eigenvalue weighted by Crippen LogP contribution is -2.49. The molecule has 1 aliphatic heterocycles. The fraction of sp³-hybridized carbons (Fsp3) is 0.381. The molecule has 0 saturated heterocycles. The zero-order chi connectivity index (χ0) is 22.8. The highest BCUT2D eigenvalue weighted by atomic mass is 19.4. The van der Waals surface area contributed by atoms with Crippen LogP contribution in [0.3, 0.4) is 0 Å². The van der Waals surface area contributed by atoms with Gasteiger partial charge in [-0.3, -0.25) is 9.78 Å². The van der Waals surface area contributed by atoms with Crippen molar-refractivity contribution in [1.82, 2.24) is 9.88 Å². The second kappa shape index (κ2) is 8.83. The van der Waals surface area contributed by atoms with Crippen molar-refractivity contribution in [3.05, 3.63) is 52.8 Å². The van der Waals surface area contributed by atoms with Crippen molar-refractivity contribution in [3.8, 4) is 11.5 Å². The molecular formula is C21H21F3N2O5. The highest BCUT2D eigenvalue weighted by Crippen LogP contribution is 2.36. The van der Waals surface area contributed by atoms with Gasteiger partial charge in [0, 0.05) is 12.2 Å². The summed E-state index contributed by atoms with van der Waals surface area (Å²) >= 11 is 0. The SMILES string of the molecule is COC(=O)[C@H]1c2ccc(OCc3nc(C)ccc3OC)cc2CCN1C(=O)C(F)(F)F. The Morgan fingerprint density at radius 2 is 1.94 bits per heavy atom. The number of halogens is 3. The maximum atomic E-state index is 13.0. The van der Waals surface area contributed by atoms with Crippen LogP contribution in [0.25, 0.3) is 0 Å². The summed E-state index contributed by atoms with van der Waals surface area (Å²) in [6, 6.07) is 6.75. The lowest BCUT2D eigenvalue weighted by Gasteiger charge is -2.35. The number of ether oxygens (including phenoxy) is 3. The molecule has 0 bridgehead atoms. The van der Waals surface area contributed by atoms with E-state index in [1.165, 1.54) is 19.2 Å². The predicted octanol–water partition coefficient (Wildman–Crippen LogP) is 3.14. The van der Waals surface area contributed by atoms with E-state index in [4.69, 9.17) is 9.47 Å². The molecule has 1 amide bonds. The number of benzene rings is 1. The minimum absolute atomic E-state index is 0.114. The molecule has 0 radical (unpaired) electrons. The van der Waals surface area contributed by atoms with Gasteiger partial charge in [-0.15, -0.1) is 0 Å². The second-order valence-corrected chi connectivity index (χ2v) is 6.92. The first-order valence-electron chi connectivity index (χ1n) is 9.37. The molecule has 1 aliphatic rings. The number of hydrogen-bond acceptors (Lipinski definition) is 6. The normalized spacial score (nSPS) is 15.8. The topological polar surface area (TPSA) is 78.0 Å². The summed E-state index contributed by atoms with van der Waals surface area (Å²) in [6.07, 6.45) is -4.96. The summed E-state index contributed by atoms with van der Waals surface area (Å²) in [6.45, 7) is 1.67. The number of hydrogen-bond donors (Lipinski definition) is 0. The first-order chi connectivity index (χ1) is 14.7. The van der Waals surface area contributed by atoms with Crippen molar-refractivity contribution >= 4 is 11.9 Å². The monoisotopic (exact) mass is 438 g/mol. The Hall–Kier alpha value is -3.30. The van der Waals surface area contributed by atoms with E-state index >= 15 is 0 Å². The summed E-state index contributed by atoms with van der Waals surface area (Å²) in [7, 11) is 2.59. The van der Waals surface area contributed by atoms with Gasteiger partial charge in [0.05, 0.1) is 14.2 Å². The maximum Gasteiger partial charge on any atom is 0.471 e. The molecule has 2 aromatic rings. The van der Waals surface area contributed by atoms with Gasteiger partial charge in [0.2, 0.25) is 0 Å². The van der Waals surface area contributed by atoms with E-state index in [0.717, 1.165) is 12.8 Å². The van der Waals surface area contributed by atoms with Crippen LogP contribution < -0.4 is 9.47 Å². The number of aromatic nitrogens is 1. The smallest absolute Gasteiger partial charge is 0.471 e. The van der Waals surface area contributed by atoms with Crippen molar-refractivity contribution in [2.45, 2.75) is 32.2 Å². The minimum atomic E-state index is -5.09. The lowest BCUT2D eigenvalue weighted by molar-refractivity contribution is -0.190. The van der Waals surface area contributed by atoms with Gasteiger partial charge in [-0.2, -0.15) is 13.2 Å². The Bertz CT molecular complexity index is 993. The van der Waals surface area contributed by atoms with E-state index in [0.29, 0.717) is 27.7 Å². The number of aryl methyl sites for hydroxylation is 1. The van der Waals surface area contributed by atoms with E-state index in [9.17, 15) is 22.8 Å². The van der Waals surface area contributed by atoms with Crippen LogP contribution in [0.5, 0.6) is 11.5 Å². The number of fused-ring (bicyclic) bond motifs is 1. The number of amides is 1. The van der Waals surface area contributed by atoms with E-state index in [2.05, 4.69) is 9.72 Å². The van der Waals surface area contributed by atoms with E-state index < -0.39 is 24.1 Å². The molecule has 0 aliphatic carbocycles. The first kappa shape index (κ1) is 22.4. The molecule has 0 N–H and O–H groups in total. The summed E-state index contributed by atoms with van der Waals surface area (Å²) in [5.41, 5.74) is 2.26. The molecule has 0 fully saturated rings. The van der Waals surface area contributed by atoms with Crippen LogP contribution in [0.2, 0.25) is 0 Å². The van der Waals surface area contributed by atoms with Crippen molar-refractivity contribution < 1.29 is 37.0 Å². The number of pyridine rings is 1. The zero-order valence-electron chi connectivity index (χ0n) is 17.2. The predicted molar refractivity (Wildman–Crippen MR) is 103 cm³/mol. The van der Waals surface area contributed by atoms with Crippen LogP contribution in [0, 0.1) is 6.92 Å². The van der Waals surface area contributed by atoms with Crippen LogP contribution in [0.4, 0.5) is 13.2 Å². The third-order valence-corrected chi connectivity index (χ3v) is 4.94. The molecule has 10 heteroatoms. The molecule has 1 aromatic heterocycles. The highest BCUT2D eigenvalue weighted by Gasteiger charge is 2.48. The Balaban J connectivity index is 1.86. The zero-order valence-corrected chi connectivity index (χ0v) is 17.2. The first-order valence-corrected chi connectivity index (χ1v) is 9.37. The van der Waals surface area contributed by atoms with Crippen LogP contribution in [0.15, 0.2) is 30.3 Å². The molecule has 1 aromatic carbocycles. The molecule has 0 saturated carbocycles. The van der Waals surface area contributed by atoms with Gasteiger partial charge in [0.25, 0.3) is 0 Å². The quantitative estimate of drug-likeness (QED) is 0.668. The van der Waals surface area contributed by atoms with E-state index in [1.807, 2.05) is 13.0 Å². The molecule has 166 valence electrons. The Morgan fingerprint density at radius 3 is 2.58 bits per heavy atom. The lowest BCUT2D eigenvalue weighted by atomic mass is 9.92. The van der Waals surface area contributed by atoms with E-state index in [-0.39, 0.29) is 25.1 Å². The maximum absolute atomic E-state index is 13.0. The summed E-state index contributed by atoms with van der Waals surface area (Å²) in [5.74, 6) is -2.01. The number of carbonyl (C=O) groups is 2. The molecule has 3 rings (SSSR count). The van der Waals surface area contributed by atoms with Gasteiger partial charge in [0.1, 0.15) is 23.8 Å². The van der Waals surface area contributed by atoms with Crippen LogP contribution in [-0.4, -0.2) is 48.7 Å². The number of esters is 1. The Labute approximate surface area is 176 Å². The van der Waals surface area contributed by atoms with Gasteiger partial charge >= 0.3 is 18.1 Å². The minimum Gasteiger partial charge on any atom is -0.495 e. The number of rotatable bonds is 5. The highest BCUT2D eigenvalue weighted by molar-refractivity contribution is 5.89. The van der Waals surface area contributed by atoms with Crippen LogP contribution in [0.1, 0.15) is 28.6 Å². The van der Waals surface area contributed by atoms with Crippen molar-refractivity contribution in [2.24, 2.45) is 0 Å². The number of methoxy groups -OCH3 is 2. The van der Waals surface area contributed by atoms with Gasteiger partial charge in [0.15, 0.2) is 6.04 Å². The summed E-state index contributed by atoms with van der Waals surface area (Å²) in [5, 5.41) is 0. The third kappa shape index (κ3) is 4.73. The van der Waals surface area contributed by atoms with Gasteiger partial charge in [-0.25, -0.2) is 4.79 Å². The van der Waals surface area contributed by atoms with Crippen molar-refractivity contribution in [1.29, 1.82) is 0 Å². The molecular weight excluding hydrogens is 417 g/mol. The van der Waals surface area contributed by atoms with Crippen molar-refractivity contribution in [3.63, 3.8) is 0 Å². The molecule has 1 atom stereocenters. The largest absolute Gasteiger partial charge is 0.495 e. The number of nitrogens with zero attached hydrogens (tertiary/aromatic N) is 2. The van der Waals surface area contributed by atoms with Crippen LogP contribution in [-0.2, 0) is 27.4 Å². The van der Waals surface area contributed by atoms with Gasteiger partial charge in [-0.1, -0.05) is 6.07 Å². The van der Waals surface area contributed by atoms with Gasteiger partial charge in [-0.05, 0) is 48.7 Å². The second-order valence-electron chi connectivity index (χ2n) is 6.92. The Morgan fingerprint density at radius 1 is 1.19 bits per heavy atom. The average molecular weight is 438 g/mol. The molecule has 31 heavy (non-hydrogen) atoms. The van der Waals surface area contributed by atoms with Gasteiger partial charge < -0.3 is 19.1 Å². The molecule has 7 nitrogen and oxygen atoms in total. The fourth-order valence-corrected chi connectivity index (χ4v) is 3.48. The fourth-order valence-electron chi connectivity index (χ4n) is 3.48. The number of carbonyl (C=O) groups excluding carboxylic acids is 2. The molecule has 2 heterocycles. The number of alkyl halides is 3. The van der Waals surface area contributed by atoms with Crippen molar-refractivity contribution in [2.75, 3.05) is 20.8 Å². The Kier molecular flexibility index (Phi) is 6.37.